The van der Waals surface area contributed by atoms with E-state index in [2.05, 4.69) is 15.8 Å². The molecule has 0 spiro atoms. The zero-order valence-electron chi connectivity index (χ0n) is 20.3. The van der Waals surface area contributed by atoms with Crippen molar-refractivity contribution in [2.45, 2.75) is 12.8 Å². The van der Waals surface area contributed by atoms with Crippen LogP contribution >= 0.6 is 11.6 Å². The summed E-state index contributed by atoms with van der Waals surface area (Å²) in [6.07, 6.45) is 2.10. The molecule has 2 N–H and O–H groups in total. The molecule has 0 radical (unpaired) electrons. The lowest BCUT2D eigenvalue weighted by atomic mass is 10.2. The van der Waals surface area contributed by atoms with Crippen molar-refractivity contribution < 1.29 is 28.6 Å². The third-order valence-electron chi connectivity index (χ3n) is 5.10. The highest BCUT2D eigenvalue weighted by molar-refractivity contribution is 6.33. The van der Waals surface area contributed by atoms with Gasteiger partial charge in [0.05, 0.1) is 36.6 Å². The fourth-order valence-electron chi connectivity index (χ4n) is 3.18. The molecular weight excluding hydrogens is 498 g/mol. The number of amides is 2. The van der Waals surface area contributed by atoms with Crippen LogP contribution in [0.15, 0.2) is 71.8 Å². The van der Waals surface area contributed by atoms with Gasteiger partial charge in [-0.25, -0.2) is 10.2 Å². The average Bonchev–Trinajstić information content (AvgIpc) is 2.91. The number of ether oxygens (including phenoxy) is 3. The van der Waals surface area contributed by atoms with Gasteiger partial charge in [0.25, 0.3) is 5.91 Å². The Morgan fingerprint density at radius 2 is 1.68 bits per heavy atom. The molecule has 0 unspecified atom stereocenters. The van der Waals surface area contributed by atoms with Crippen molar-refractivity contribution in [1.29, 1.82) is 0 Å². The summed E-state index contributed by atoms with van der Waals surface area (Å²) < 4.78 is 15.8. The van der Waals surface area contributed by atoms with E-state index in [0.717, 1.165) is 0 Å². The first-order valence-electron chi connectivity index (χ1n) is 11.3. The van der Waals surface area contributed by atoms with Gasteiger partial charge in [0, 0.05) is 13.0 Å². The van der Waals surface area contributed by atoms with Crippen LogP contribution in [0.5, 0.6) is 17.2 Å². The van der Waals surface area contributed by atoms with Crippen LogP contribution in [0.4, 0.5) is 0 Å². The molecule has 0 aliphatic carbocycles. The molecule has 37 heavy (non-hydrogen) atoms. The molecule has 0 saturated carbocycles. The van der Waals surface area contributed by atoms with Crippen LogP contribution in [0.3, 0.4) is 0 Å². The van der Waals surface area contributed by atoms with Gasteiger partial charge in [0.2, 0.25) is 5.91 Å². The van der Waals surface area contributed by atoms with Crippen LogP contribution in [-0.2, 0) is 4.79 Å². The third kappa shape index (κ3) is 8.08. The zero-order valence-corrected chi connectivity index (χ0v) is 21.1. The number of esters is 1. The standard InChI is InChI=1S/C27H26ClN3O6/c1-35-23-14-11-19(16-24(23)36-2)27(34)37-20-12-9-18(10-13-20)17-30-31-25(32)8-5-15-29-26(33)21-6-3-4-7-22(21)28/h3-4,6-7,9-14,16-17H,5,8,15H2,1-2H3,(H,29,33)(H,31,32)/b30-17+. The van der Waals surface area contributed by atoms with Gasteiger partial charge in [0.15, 0.2) is 11.5 Å². The summed E-state index contributed by atoms with van der Waals surface area (Å²) in [6.45, 7) is 0.324. The number of methoxy groups -OCH3 is 2. The Morgan fingerprint density at radius 1 is 0.946 bits per heavy atom. The van der Waals surface area contributed by atoms with Gasteiger partial charge in [0.1, 0.15) is 5.75 Å². The number of rotatable bonds is 11. The number of hydrogen-bond acceptors (Lipinski definition) is 7. The van der Waals surface area contributed by atoms with Crippen molar-refractivity contribution in [3.05, 3.63) is 88.4 Å². The lowest BCUT2D eigenvalue weighted by Gasteiger charge is -2.09. The lowest BCUT2D eigenvalue weighted by molar-refractivity contribution is -0.121. The van der Waals surface area contributed by atoms with Gasteiger partial charge in [-0.3, -0.25) is 9.59 Å². The highest BCUT2D eigenvalue weighted by atomic mass is 35.5. The minimum atomic E-state index is -0.544. The molecule has 0 atom stereocenters. The molecule has 10 heteroatoms. The predicted molar refractivity (Wildman–Crippen MR) is 140 cm³/mol. The molecule has 0 aliphatic heterocycles. The zero-order chi connectivity index (χ0) is 26.6. The van der Waals surface area contributed by atoms with E-state index in [0.29, 0.717) is 51.9 Å². The van der Waals surface area contributed by atoms with Crippen molar-refractivity contribution in [3.63, 3.8) is 0 Å². The van der Waals surface area contributed by atoms with Crippen LogP contribution in [-0.4, -0.2) is 44.8 Å². The summed E-state index contributed by atoms with van der Waals surface area (Å²) in [5, 5.41) is 7.02. The fraction of sp³-hybridized carbons (Fsp3) is 0.185. The Morgan fingerprint density at radius 3 is 2.38 bits per heavy atom. The molecule has 3 aromatic carbocycles. The van der Waals surface area contributed by atoms with E-state index in [4.69, 9.17) is 25.8 Å². The first-order chi connectivity index (χ1) is 17.9. The molecule has 0 aliphatic rings. The van der Waals surface area contributed by atoms with Crippen molar-refractivity contribution in [2.24, 2.45) is 5.10 Å². The number of carbonyl (C=O) groups excluding carboxylic acids is 3. The molecule has 0 fully saturated rings. The van der Waals surface area contributed by atoms with Gasteiger partial charge >= 0.3 is 5.97 Å². The molecule has 192 valence electrons. The Kier molecular flexibility index (Phi) is 10.0. The van der Waals surface area contributed by atoms with Gasteiger partial charge in [-0.2, -0.15) is 5.10 Å². The van der Waals surface area contributed by atoms with E-state index < -0.39 is 5.97 Å². The SMILES string of the molecule is COc1ccc(C(=O)Oc2ccc(/C=N/NC(=O)CCCNC(=O)c3ccccc3Cl)cc2)cc1OC. The topological polar surface area (TPSA) is 115 Å². The summed E-state index contributed by atoms with van der Waals surface area (Å²) >= 11 is 6.00. The minimum Gasteiger partial charge on any atom is -0.493 e. The molecule has 3 aromatic rings. The van der Waals surface area contributed by atoms with E-state index in [9.17, 15) is 14.4 Å². The van der Waals surface area contributed by atoms with Crippen molar-refractivity contribution in [3.8, 4) is 17.2 Å². The summed E-state index contributed by atoms with van der Waals surface area (Å²) in [7, 11) is 3.00. The number of hydrazone groups is 1. The number of hydrogen-bond donors (Lipinski definition) is 2. The van der Waals surface area contributed by atoms with Crippen molar-refractivity contribution >= 4 is 35.6 Å². The largest absolute Gasteiger partial charge is 0.493 e. The molecule has 9 nitrogen and oxygen atoms in total. The normalized spacial score (nSPS) is 10.6. The highest BCUT2D eigenvalue weighted by Crippen LogP contribution is 2.28. The Labute approximate surface area is 219 Å². The smallest absolute Gasteiger partial charge is 0.343 e. The summed E-state index contributed by atoms with van der Waals surface area (Å²) in [5.41, 5.74) is 3.83. The Hall–Kier alpha value is -4.37. The highest BCUT2D eigenvalue weighted by Gasteiger charge is 2.13. The first kappa shape index (κ1) is 27.2. The van der Waals surface area contributed by atoms with Gasteiger partial charge < -0.3 is 19.5 Å². The number of nitrogens with zero attached hydrogens (tertiary/aromatic N) is 1. The minimum absolute atomic E-state index is 0.186. The second-order valence-corrected chi connectivity index (χ2v) is 8.07. The maximum Gasteiger partial charge on any atom is 0.343 e. The lowest BCUT2D eigenvalue weighted by Crippen LogP contribution is -2.26. The number of carbonyl (C=O) groups is 3. The van der Waals surface area contributed by atoms with E-state index in [1.54, 1.807) is 60.7 Å². The van der Waals surface area contributed by atoms with Gasteiger partial charge in [-0.05, 0) is 66.6 Å². The fourth-order valence-corrected chi connectivity index (χ4v) is 3.40. The summed E-state index contributed by atoms with van der Waals surface area (Å²) in [6, 6.07) is 18.1. The Bertz CT molecular complexity index is 1280. The van der Waals surface area contributed by atoms with Gasteiger partial charge in [-0.15, -0.1) is 0 Å². The van der Waals surface area contributed by atoms with Crippen LogP contribution in [0.1, 0.15) is 39.1 Å². The average molecular weight is 524 g/mol. The van der Waals surface area contributed by atoms with E-state index >= 15 is 0 Å². The second kappa shape index (κ2) is 13.6. The van der Waals surface area contributed by atoms with Crippen molar-refractivity contribution in [2.75, 3.05) is 20.8 Å². The molecule has 0 bridgehead atoms. The molecule has 2 amide bonds. The van der Waals surface area contributed by atoms with Crippen molar-refractivity contribution in [1.82, 2.24) is 10.7 Å². The van der Waals surface area contributed by atoms with Crippen LogP contribution in [0, 0.1) is 0 Å². The summed E-state index contributed by atoms with van der Waals surface area (Å²) in [5.74, 6) is 0.158. The quantitative estimate of drug-likeness (QED) is 0.128. The van der Waals surface area contributed by atoms with E-state index in [1.807, 2.05) is 0 Å². The number of benzene rings is 3. The monoisotopic (exact) mass is 523 g/mol. The van der Waals surface area contributed by atoms with Crippen LogP contribution in [0.25, 0.3) is 0 Å². The second-order valence-electron chi connectivity index (χ2n) is 7.66. The molecule has 0 saturated heterocycles. The van der Waals surface area contributed by atoms with Gasteiger partial charge in [-0.1, -0.05) is 23.7 Å². The predicted octanol–water partition coefficient (Wildman–Crippen LogP) is 4.24. The maximum absolute atomic E-state index is 12.4. The van der Waals surface area contributed by atoms with E-state index in [1.165, 1.54) is 26.5 Å². The van der Waals surface area contributed by atoms with Crippen LogP contribution < -0.4 is 25.0 Å². The molecular formula is C27H26ClN3O6. The summed E-state index contributed by atoms with van der Waals surface area (Å²) in [4.78, 5) is 36.5. The third-order valence-corrected chi connectivity index (χ3v) is 5.43. The molecule has 0 heterocycles. The molecule has 0 aromatic heterocycles. The number of halogens is 1. The number of nitrogens with one attached hydrogen (secondary N) is 2. The Balaban J connectivity index is 1.40. The van der Waals surface area contributed by atoms with E-state index in [-0.39, 0.29) is 18.2 Å². The van der Waals surface area contributed by atoms with Crippen LogP contribution in [0.2, 0.25) is 5.02 Å². The molecule has 3 rings (SSSR count). The maximum atomic E-state index is 12.4. The first-order valence-corrected chi connectivity index (χ1v) is 11.7.